The van der Waals surface area contributed by atoms with Gasteiger partial charge >= 0.3 is 0 Å². The molecule has 0 spiro atoms. The highest BCUT2D eigenvalue weighted by atomic mass is 35.5. The van der Waals surface area contributed by atoms with Gasteiger partial charge in [0.15, 0.2) is 5.65 Å². The van der Waals surface area contributed by atoms with E-state index >= 15 is 0 Å². The molecule has 1 saturated heterocycles. The van der Waals surface area contributed by atoms with E-state index in [9.17, 15) is 8.42 Å². The standard InChI is InChI=1S/C16H19ClN6O3S/c1-21-16(17)14(8-19-21)27(24,25)22-5-3-11(4-6-22)12-9-23-15(18-10-20-23)7-13(12)26-2/h7-11H,3-6H2,1-2H3. The van der Waals surface area contributed by atoms with Crippen molar-refractivity contribution < 1.29 is 13.2 Å². The monoisotopic (exact) mass is 410 g/mol. The maximum Gasteiger partial charge on any atom is 0.247 e. The molecule has 27 heavy (non-hydrogen) atoms. The Hall–Kier alpha value is -2.17. The fourth-order valence-electron chi connectivity index (χ4n) is 3.46. The molecule has 1 aliphatic heterocycles. The first-order valence-electron chi connectivity index (χ1n) is 8.46. The number of aryl methyl sites for hydroxylation is 1. The number of pyridine rings is 1. The van der Waals surface area contributed by atoms with Gasteiger partial charge in [0.2, 0.25) is 10.0 Å². The molecule has 11 heteroatoms. The molecule has 0 radical (unpaired) electrons. The van der Waals surface area contributed by atoms with Crippen molar-refractivity contribution in [3.63, 3.8) is 0 Å². The minimum atomic E-state index is -3.66. The zero-order chi connectivity index (χ0) is 19.2. The van der Waals surface area contributed by atoms with Gasteiger partial charge < -0.3 is 4.74 Å². The lowest BCUT2D eigenvalue weighted by Gasteiger charge is -2.31. The average Bonchev–Trinajstić information content (AvgIpc) is 3.27. The third-order valence-corrected chi connectivity index (χ3v) is 7.43. The van der Waals surface area contributed by atoms with Crippen LogP contribution in [0.15, 0.2) is 29.7 Å². The highest BCUT2D eigenvalue weighted by molar-refractivity contribution is 7.89. The van der Waals surface area contributed by atoms with Gasteiger partial charge in [-0.05, 0) is 18.8 Å². The van der Waals surface area contributed by atoms with Gasteiger partial charge in [0.05, 0.1) is 13.3 Å². The van der Waals surface area contributed by atoms with Crippen molar-refractivity contribution in [1.82, 2.24) is 28.7 Å². The minimum absolute atomic E-state index is 0.0479. The lowest BCUT2D eigenvalue weighted by atomic mass is 9.91. The number of hydrogen-bond acceptors (Lipinski definition) is 6. The summed E-state index contributed by atoms with van der Waals surface area (Å²) in [4.78, 5) is 4.21. The molecule has 9 nitrogen and oxygen atoms in total. The molecule has 3 aromatic rings. The van der Waals surface area contributed by atoms with Crippen LogP contribution in [0, 0.1) is 0 Å². The van der Waals surface area contributed by atoms with Crippen molar-refractivity contribution in [3.8, 4) is 5.75 Å². The van der Waals surface area contributed by atoms with E-state index in [1.165, 1.54) is 21.5 Å². The minimum Gasteiger partial charge on any atom is -0.496 e. The Bertz CT molecular complexity index is 1080. The van der Waals surface area contributed by atoms with Gasteiger partial charge in [-0.25, -0.2) is 17.9 Å². The summed E-state index contributed by atoms with van der Waals surface area (Å²) in [6.07, 6.45) is 6.05. The van der Waals surface area contributed by atoms with Gasteiger partial charge in [-0.1, -0.05) is 11.6 Å². The smallest absolute Gasteiger partial charge is 0.247 e. The number of methoxy groups -OCH3 is 1. The summed E-state index contributed by atoms with van der Waals surface area (Å²) in [7, 11) is -0.428. The summed E-state index contributed by atoms with van der Waals surface area (Å²) >= 11 is 6.08. The summed E-state index contributed by atoms with van der Waals surface area (Å²) < 4.78 is 35.8. The van der Waals surface area contributed by atoms with Crippen molar-refractivity contribution >= 4 is 27.3 Å². The van der Waals surface area contributed by atoms with E-state index in [-0.39, 0.29) is 16.0 Å². The van der Waals surface area contributed by atoms with Crippen LogP contribution < -0.4 is 4.74 Å². The van der Waals surface area contributed by atoms with Crippen LogP contribution in [0.3, 0.4) is 0 Å². The van der Waals surface area contributed by atoms with Crippen molar-refractivity contribution in [2.45, 2.75) is 23.7 Å². The molecular weight excluding hydrogens is 392 g/mol. The van der Waals surface area contributed by atoms with Crippen LogP contribution >= 0.6 is 11.6 Å². The molecule has 144 valence electrons. The molecule has 0 atom stereocenters. The third-order valence-electron chi connectivity index (χ3n) is 4.97. The molecule has 0 saturated carbocycles. The van der Waals surface area contributed by atoms with E-state index in [0.29, 0.717) is 31.6 Å². The summed E-state index contributed by atoms with van der Waals surface area (Å²) in [5, 5.41) is 8.23. The fourth-order valence-corrected chi connectivity index (χ4v) is 5.34. The lowest BCUT2D eigenvalue weighted by Crippen LogP contribution is -2.38. The van der Waals surface area contributed by atoms with E-state index in [1.54, 1.807) is 18.7 Å². The first-order chi connectivity index (χ1) is 12.9. The van der Waals surface area contributed by atoms with Gasteiger partial charge in [-0.15, -0.1) is 0 Å². The molecule has 0 unspecified atom stereocenters. The highest BCUT2D eigenvalue weighted by Gasteiger charge is 2.33. The number of piperidine rings is 1. The zero-order valence-electron chi connectivity index (χ0n) is 14.9. The number of hydrogen-bond donors (Lipinski definition) is 0. The maximum absolute atomic E-state index is 12.9. The number of ether oxygens (including phenoxy) is 1. The van der Waals surface area contributed by atoms with Crippen molar-refractivity contribution in [2.24, 2.45) is 7.05 Å². The predicted octanol–water partition coefficient (Wildman–Crippen LogP) is 1.69. The number of rotatable bonds is 4. The van der Waals surface area contributed by atoms with Gasteiger partial charge in [0, 0.05) is 38.0 Å². The number of halogens is 1. The molecule has 0 bridgehead atoms. The van der Waals surface area contributed by atoms with Crippen LogP contribution in [0.25, 0.3) is 5.65 Å². The largest absolute Gasteiger partial charge is 0.496 e. The van der Waals surface area contributed by atoms with E-state index in [0.717, 1.165) is 11.3 Å². The third kappa shape index (κ3) is 3.07. The van der Waals surface area contributed by atoms with Gasteiger partial charge in [0.1, 0.15) is 22.1 Å². The summed E-state index contributed by atoms with van der Waals surface area (Å²) in [5.41, 5.74) is 1.72. The molecule has 4 rings (SSSR count). The second kappa shape index (κ2) is 6.77. The van der Waals surface area contributed by atoms with E-state index in [1.807, 2.05) is 12.3 Å². The molecule has 0 N–H and O–H groups in total. The average molecular weight is 411 g/mol. The van der Waals surface area contributed by atoms with Crippen molar-refractivity contribution in [3.05, 3.63) is 35.5 Å². The second-order valence-corrected chi connectivity index (χ2v) is 8.73. The van der Waals surface area contributed by atoms with E-state index in [4.69, 9.17) is 16.3 Å². The summed E-state index contributed by atoms with van der Waals surface area (Å²) in [5.74, 6) is 0.913. The summed E-state index contributed by atoms with van der Waals surface area (Å²) in [6.45, 7) is 0.799. The first-order valence-corrected chi connectivity index (χ1v) is 10.3. The molecule has 0 amide bonds. The molecule has 0 aromatic carbocycles. The zero-order valence-corrected chi connectivity index (χ0v) is 16.5. The van der Waals surface area contributed by atoms with Crippen LogP contribution in [0.4, 0.5) is 0 Å². The Balaban J connectivity index is 1.56. The van der Waals surface area contributed by atoms with E-state index < -0.39 is 10.0 Å². The van der Waals surface area contributed by atoms with Crippen LogP contribution in [0.1, 0.15) is 24.3 Å². The summed E-state index contributed by atoms with van der Waals surface area (Å²) in [6, 6.07) is 1.85. The highest BCUT2D eigenvalue weighted by Crippen LogP contribution is 2.36. The fraction of sp³-hybridized carbons (Fsp3) is 0.438. The van der Waals surface area contributed by atoms with Crippen molar-refractivity contribution in [1.29, 1.82) is 0 Å². The molecule has 1 fully saturated rings. The maximum atomic E-state index is 12.9. The Morgan fingerprint density at radius 1 is 1.26 bits per heavy atom. The number of nitrogens with zero attached hydrogens (tertiary/aromatic N) is 6. The van der Waals surface area contributed by atoms with E-state index in [2.05, 4.69) is 15.2 Å². The van der Waals surface area contributed by atoms with Gasteiger partial charge in [-0.3, -0.25) is 4.68 Å². The number of sulfonamides is 1. The Kier molecular flexibility index (Phi) is 4.57. The van der Waals surface area contributed by atoms with Crippen LogP contribution in [0.2, 0.25) is 5.15 Å². The Labute approximate surface area is 161 Å². The molecule has 4 heterocycles. The second-order valence-electron chi connectivity index (χ2n) is 6.46. The quantitative estimate of drug-likeness (QED) is 0.649. The molecule has 3 aromatic heterocycles. The van der Waals surface area contributed by atoms with Crippen LogP contribution in [-0.2, 0) is 17.1 Å². The molecular formula is C16H19ClN6O3S. The van der Waals surface area contributed by atoms with Gasteiger partial charge in [0.25, 0.3) is 0 Å². The number of aromatic nitrogens is 5. The molecule has 0 aliphatic carbocycles. The SMILES string of the molecule is COc1cc2ncnn2cc1C1CCN(S(=O)(=O)c2cnn(C)c2Cl)CC1. The number of fused-ring (bicyclic) bond motifs is 1. The lowest BCUT2D eigenvalue weighted by molar-refractivity contribution is 0.312. The van der Waals surface area contributed by atoms with Crippen molar-refractivity contribution in [2.75, 3.05) is 20.2 Å². The van der Waals surface area contributed by atoms with Crippen LogP contribution in [-0.4, -0.2) is 57.3 Å². The normalized spacial score (nSPS) is 16.9. The first kappa shape index (κ1) is 18.2. The molecule has 1 aliphatic rings. The Morgan fingerprint density at radius 3 is 2.63 bits per heavy atom. The van der Waals surface area contributed by atoms with Gasteiger partial charge in [-0.2, -0.15) is 14.5 Å². The predicted molar refractivity (Wildman–Crippen MR) is 98.5 cm³/mol. The topological polar surface area (TPSA) is 94.6 Å². The van der Waals surface area contributed by atoms with Crippen LogP contribution in [0.5, 0.6) is 5.75 Å². The Morgan fingerprint density at radius 2 is 2.00 bits per heavy atom.